The standard InChI is InChI=1S/C17H14FN5O/c18-14-5-6-15(16(9-14)23-11-19-20-21-23)17(24)22-8-7-12-3-1-2-4-13(12)10-22/h1-6,9,11H,7-8,10H2. The first-order valence-corrected chi connectivity index (χ1v) is 7.61. The number of rotatable bonds is 2. The molecule has 120 valence electrons. The Balaban J connectivity index is 1.69. The molecule has 1 amide bonds. The highest BCUT2D eigenvalue weighted by Gasteiger charge is 2.24. The average Bonchev–Trinajstić information content (AvgIpc) is 3.15. The van der Waals surface area contributed by atoms with Gasteiger partial charge in [0, 0.05) is 19.2 Å². The zero-order valence-electron chi connectivity index (χ0n) is 12.8. The molecule has 0 bridgehead atoms. The summed E-state index contributed by atoms with van der Waals surface area (Å²) in [6, 6.07) is 12.1. The largest absolute Gasteiger partial charge is 0.334 e. The van der Waals surface area contributed by atoms with Crippen LogP contribution in [0.5, 0.6) is 0 Å². The van der Waals surface area contributed by atoms with Crippen LogP contribution in [0.3, 0.4) is 0 Å². The Morgan fingerprint density at radius 2 is 1.96 bits per heavy atom. The normalized spacial score (nSPS) is 13.6. The number of hydrogen-bond acceptors (Lipinski definition) is 4. The smallest absolute Gasteiger partial charge is 0.256 e. The lowest BCUT2D eigenvalue weighted by atomic mass is 9.99. The van der Waals surface area contributed by atoms with Gasteiger partial charge in [-0.2, -0.15) is 4.68 Å². The van der Waals surface area contributed by atoms with Crippen molar-refractivity contribution in [2.75, 3.05) is 6.54 Å². The molecule has 0 saturated heterocycles. The van der Waals surface area contributed by atoms with E-state index in [1.807, 2.05) is 18.2 Å². The van der Waals surface area contributed by atoms with Crippen molar-refractivity contribution in [3.63, 3.8) is 0 Å². The fraction of sp³-hybridized carbons (Fsp3) is 0.176. The third-order valence-electron chi connectivity index (χ3n) is 4.20. The van der Waals surface area contributed by atoms with Gasteiger partial charge in [-0.3, -0.25) is 4.79 Å². The molecule has 0 saturated carbocycles. The van der Waals surface area contributed by atoms with Crippen molar-refractivity contribution in [1.29, 1.82) is 0 Å². The van der Waals surface area contributed by atoms with Gasteiger partial charge >= 0.3 is 0 Å². The second kappa shape index (κ2) is 5.84. The Bertz CT molecular complexity index is 894. The van der Waals surface area contributed by atoms with Crippen molar-refractivity contribution in [1.82, 2.24) is 25.1 Å². The first kappa shape index (κ1) is 14.5. The van der Waals surface area contributed by atoms with E-state index in [4.69, 9.17) is 0 Å². The molecule has 24 heavy (non-hydrogen) atoms. The molecule has 0 fully saturated rings. The quantitative estimate of drug-likeness (QED) is 0.723. The van der Waals surface area contributed by atoms with Crippen LogP contribution in [-0.2, 0) is 13.0 Å². The molecule has 2 heterocycles. The predicted molar refractivity (Wildman–Crippen MR) is 84.0 cm³/mol. The second-order valence-corrected chi connectivity index (χ2v) is 5.66. The molecule has 2 aromatic carbocycles. The third-order valence-corrected chi connectivity index (χ3v) is 4.20. The summed E-state index contributed by atoms with van der Waals surface area (Å²) in [7, 11) is 0. The second-order valence-electron chi connectivity index (χ2n) is 5.66. The monoisotopic (exact) mass is 323 g/mol. The Morgan fingerprint density at radius 3 is 2.75 bits per heavy atom. The lowest BCUT2D eigenvalue weighted by Crippen LogP contribution is -2.36. The van der Waals surface area contributed by atoms with Gasteiger partial charge in [-0.1, -0.05) is 24.3 Å². The van der Waals surface area contributed by atoms with E-state index in [-0.39, 0.29) is 5.91 Å². The Hall–Kier alpha value is -3.09. The maximum absolute atomic E-state index is 13.6. The third kappa shape index (κ3) is 2.54. The van der Waals surface area contributed by atoms with E-state index in [1.165, 1.54) is 34.8 Å². The molecule has 0 unspecified atom stereocenters. The van der Waals surface area contributed by atoms with Crippen LogP contribution in [0.4, 0.5) is 4.39 Å². The van der Waals surface area contributed by atoms with Gasteiger partial charge in [0.1, 0.15) is 12.1 Å². The van der Waals surface area contributed by atoms with Crippen LogP contribution in [0.2, 0.25) is 0 Å². The van der Waals surface area contributed by atoms with Crippen molar-refractivity contribution < 1.29 is 9.18 Å². The predicted octanol–water partition coefficient (Wildman–Crippen LogP) is 2.00. The number of halogens is 1. The number of fused-ring (bicyclic) bond motifs is 1. The van der Waals surface area contributed by atoms with E-state index in [9.17, 15) is 9.18 Å². The number of carbonyl (C=O) groups excluding carboxylic acids is 1. The van der Waals surface area contributed by atoms with E-state index in [0.29, 0.717) is 24.3 Å². The number of carbonyl (C=O) groups is 1. The molecule has 0 atom stereocenters. The van der Waals surface area contributed by atoms with Gasteiger partial charge in [0.15, 0.2) is 0 Å². The number of amides is 1. The van der Waals surface area contributed by atoms with Gasteiger partial charge in [-0.15, -0.1) is 5.10 Å². The molecule has 0 aliphatic carbocycles. The van der Waals surface area contributed by atoms with Gasteiger partial charge < -0.3 is 4.90 Å². The molecule has 1 aliphatic rings. The molecule has 7 heteroatoms. The maximum atomic E-state index is 13.6. The minimum absolute atomic E-state index is 0.157. The molecular weight excluding hydrogens is 309 g/mol. The zero-order chi connectivity index (χ0) is 16.5. The van der Waals surface area contributed by atoms with Crippen LogP contribution in [0.25, 0.3) is 5.69 Å². The summed E-state index contributed by atoms with van der Waals surface area (Å²) in [5, 5.41) is 10.9. The zero-order valence-corrected chi connectivity index (χ0v) is 12.8. The molecule has 1 aromatic heterocycles. The minimum atomic E-state index is -0.443. The number of tetrazole rings is 1. The highest BCUT2D eigenvalue weighted by atomic mass is 19.1. The highest BCUT2D eigenvalue weighted by Crippen LogP contribution is 2.23. The van der Waals surface area contributed by atoms with E-state index >= 15 is 0 Å². The molecule has 1 aliphatic heterocycles. The lowest BCUT2D eigenvalue weighted by Gasteiger charge is -2.29. The van der Waals surface area contributed by atoms with E-state index in [0.717, 1.165) is 12.0 Å². The molecule has 3 aromatic rings. The molecule has 6 nitrogen and oxygen atoms in total. The summed E-state index contributed by atoms with van der Waals surface area (Å²) in [5.41, 5.74) is 3.12. The van der Waals surface area contributed by atoms with Crippen LogP contribution in [0.15, 0.2) is 48.8 Å². The average molecular weight is 323 g/mol. The van der Waals surface area contributed by atoms with Gasteiger partial charge in [0.25, 0.3) is 5.91 Å². The Kier molecular flexibility index (Phi) is 3.53. The first-order chi connectivity index (χ1) is 11.7. The van der Waals surface area contributed by atoms with Crippen LogP contribution < -0.4 is 0 Å². The number of benzene rings is 2. The van der Waals surface area contributed by atoms with Crippen LogP contribution in [0, 0.1) is 5.82 Å². The Labute approximate surface area is 137 Å². The van der Waals surface area contributed by atoms with Crippen molar-refractivity contribution in [2.24, 2.45) is 0 Å². The molecule has 0 radical (unpaired) electrons. The molecule has 0 spiro atoms. The van der Waals surface area contributed by atoms with E-state index < -0.39 is 5.82 Å². The summed E-state index contributed by atoms with van der Waals surface area (Å²) in [6.45, 7) is 1.17. The lowest BCUT2D eigenvalue weighted by molar-refractivity contribution is 0.0734. The summed E-state index contributed by atoms with van der Waals surface area (Å²) in [5.74, 6) is -0.601. The maximum Gasteiger partial charge on any atom is 0.256 e. The van der Waals surface area contributed by atoms with Crippen LogP contribution in [0.1, 0.15) is 21.5 Å². The number of aromatic nitrogens is 4. The van der Waals surface area contributed by atoms with Crippen molar-refractivity contribution in [2.45, 2.75) is 13.0 Å². The van der Waals surface area contributed by atoms with Crippen LogP contribution in [-0.4, -0.2) is 37.6 Å². The van der Waals surface area contributed by atoms with E-state index in [1.54, 1.807) is 4.90 Å². The summed E-state index contributed by atoms with van der Waals surface area (Å²) in [4.78, 5) is 14.7. The molecular formula is C17H14FN5O. The first-order valence-electron chi connectivity index (χ1n) is 7.61. The van der Waals surface area contributed by atoms with Gasteiger partial charge in [0.2, 0.25) is 0 Å². The summed E-state index contributed by atoms with van der Waals surface area (Å²) in [6.07, 6.45) is 2.15. The molecule has 0 N–H and O–H groups in total. The van der Waals surface area contributed by atoms with Gasteiger partial charge in [-0.25, -0.2) is 4.39 Å². The topological polar surface area (TPSA) is 63.9 Å². The summed E-state index contributed by atoms with van der Waals surface area (Å²) < 4.78 is 14.9. The number of nitrogens with zero attached hydrogens (tertiary/aromatic N) is 5. The van der Waals surface area contributed by atoms with Gasteiger partial charge in [-0.05, 0) is 40.1 Å². The van der Waals surface area contributed by atoms with Crippen molar-refractivity contribution >= 4 is 5.91 Å². The Morgan fingerprint density at radius 1 is 1.12 bits per heavy atom. The van der Waals surface area contributed by atoms with Crippen LogP contribution >= 0.6 is 0 Å². The molecule has 4 rings (SSSR count). The number of hydrogen-bond donors (Lipinski definition) is 0. The van der Waals surface area contributed by atoms with Crippen molar-refractivity contribution in [3.8, 4) is 5.69 Å². The van der Waals surface area contributed by atoms with Gasteiger partial charge in [0.05, 0.1) is 11.3 Å². The minimum Gasteiger partial charge on any atom is -0.334 e. The summed E-state index contributed by atoms with van der Waals surface area (Å²) >= 11 is 0. The highest BCUT2D eigenvalue weighted by molar-refractivity contribution is 5.97. The SMILES string of the molecule is O=C(c1ccc(F)cc1-n1cnnn1)N1CCc2ccccc2C1. The fourth-order valence-electron chi connectivity index (χ4n) is 2.99. The van der Waals surface area contributed by atoms with Crippen molar-refractivity contribution in [3.05, 3.63) is 71.3 Å². The van der Waals surface area contributed by atoms with E-state index in [2.05, 4.69) is 21.6 Å². The fourth-order valence-corrected chi connectivity index (χ4v) is 2.99.